The van der Waals surface area contributed by atoms with E-state index in [-0.39, 0.29) is 5.91 Å². The molecule has 1 N–H and O–H groups in total. The van der Waals surface area contributed by atoms with E-state index < -0.39 is 0 Å². The largest absolute Gasteiger partial charge is 0.352 e. The molecule has 1 aliphatic rings. The van der Waals surface area contributed by atoms with E-state index in [9.17, 15) is 4.79 Å². The summed E-state index contributed by atoms with van der Waals surface area (Å²) in [4.78, 5) is 14.5. The summed E-state index contributed by atoms with van der Waals surface area (Å²) in [7, 11) is 0. The molecule has 3 nitrogen and oxygen atoms in total. The molecule has 1 aliphatic heterocycles. The molecule has 1 amide bonds. The molecule has 0 aromatic heterocycles. The Labute approximate surface area is 135 Å². The van der Waals surface area contributed by atoms with Crippen molar-refractivity contribution in [1.29, 1.82) is 0 Å². The molecule has 1 fully saturated rings. The van der Waals surface area contributed by atoms with Gasteiger partial charge in [0.15, 0.2) is 0 Å². The second kappa shape index (κ2) is 7.77. The van der Waals surface area contributed by atoms with Crippen LogP contribution in [0.25, 0.3) is 0 Å². The normalized spacial score (nSPS) is 17.4. The van der Waals surface area contributed by atoms with E-state index in [1.165, 1.54) is 25.9 Å². The third kappa shape index (κ3) is 5.13. The van der Waals surface area contributed by atoms with Gasteiger partial charge < -0.3 is 10.2 Å². The van der Waals surface area contributed by atoms with E-state index >= 15 is 0 Å². The molecule has 0 saturated carbocycles. The number of rotatable bonds is 5. The van der Waals surface area contributed by atoms with Crippen LogP contribution < -0.4 is 5.32 Å². The van der Waals surface area contributed by atoms with Crippen LogP contribution >= 0.6 is 0 Å². The van der Waals surface area contributed by atoms with Crippen LogP contribution in [0.15, 0.2) is 30.3 Å². The third-order valence-electron chi connectivity index (χ3n) is 4.78. The summed E-state index contributed by atoms with van der Waals surface area (Å²) < 4.78 is 0. The lowest BCUT2D eigenvalue weighted by Gasteiger charge is -2.38. The van der Waals surface area contributed by atoms with Crippen LogP contribution in [0.2, 0.25) is 0 Å². The maximum Gasteiger partial charge on any atom is 0.251 e. The molecule has 0 aliphatic carbocycles. The molecule has 0 radical (unpaired) electrons. The lowest BCUT2D eigenvalue weighted by Crippen LogP contribution is -2.39. The van der Waals surface area contributed by atoms with E-state index in [0.717, 1.165) is 31.0 Å². The third-order valence-corrected chi connectivity index (χ3v) is 4.78. The first-order valence-electron chi connectivity index (χ1n) is 8.52. The average Bonchev–Trinajstić information content (AvgIpc) is 2.52. The Morgan fingerprint density at radius 2 is 1.82 bits per heavy atom. The lowest BCUT2D eigenvalue weighted by atomic mass is 9.75. The Morgan fingerprint density at radius 1 is 1.18 bits per heavy atom. The Hall–Kier alpha value is -1.35. The van der Waals surface area contributed by atoms with Crippen LogP contribution in [0.4, 0.5) is 0 Å². The van der Waals surface area contributed by atoms with Gasteiger partial charge in [-0.3, -0.25) is 4.79 Å². The summed E-state index contributed by atoms with van der Waals surface area (Å²) in [5.74, 6) is 0.883. The number of carbonyl (C=O) groups excluding carboxylic acids is 1. The van der Waals surface area contributed by atoms with E-state index in [1.54, 1.807) is 0 Å². The van der Waals surface area contributed by atoms with Crippen molar-refractivity contribution >= 4 is 5.91 Å². The minimum atomic E-state index is 0.0343. The Balaban J connectivity index is 1.61. The van der Waals surface area contributed by atoms with Gasteiger partial charge in [0.2, 0.25) is 0 Å². The van der Waals surface area contributed by atoms with Gasteiger partial charge in [0, 0.05) is 12.1 Å². The van der Waals surface area contributed by atoms with Crippen LogP contribution in [-0.2, 0) is 0 Å². The molecular weight excluding hydrogens is 272 g/mol. The molecule has 1 heterocycles. The van der Waals surface area contributed by atoms with Crippen molar-refractivity contribution < 1.29 is 4.79 Å². The van der Waals surface area contributed by atoms with Gasteiger partial charge in [0.25, 0.3) is 5.91 Å². The van der Waals surface area contributed by atoms with Crippen LogP contribution in [0.1, 0.15) is 50.4 Å². The first-order valence-corrected chi connectivity index (χ1v) is 8.52. The summed E-state index contributed by atoms with van der Waals surface area (Å²) in [5, 5.41) is 3.01. The second-order valence-electron chi connectivity index (χ2n) is 7.46. The molecule has 2 rings (SSSR count). The average molecular weight is 302 g/mol. The Bertz CT molecular complexity index is 456. The number of hydrogen-bond donors (Lipinski definition) is 1. The van der Waals surface area contributed by atoms with Gasteiger partial charge in [0.1, 0.15) is 0 Å². The smallest absolute Gasteiger partial charge is 0.251 e. The van der Waals surface area contributed by atoms with Crippen LogP contribution in [0.5, 0.6) is 0 Å². The maximum absolute atomic E-state index is 11.9. The Kier molecular flexibility index (Phi) is 6.01. The summed E-state index contributed by atoms with van der Waals surface area (Å²) in [6.45, 7) is 11.3. The minimum Gasteiger partial charge on any atom is -0.352 e. The molecule has 1 saturated heterocycles. The highest BCUT2D eigenvalue weighted by molar-refractivity contribution is 5.94. The summed E-state index contributed by atoms with van der Waals surface area (Å²) >= 11 is 0. The highest BCUT2D eigenvalue weighted by Gasteiger charge is 2.28. The van der Waals surface area contributed by atoms with Crippen molar-refractivity contribution in [2.45, 2.75) is 40.0 Å². The van der Waals surface area contributed by atoms with Crippen LogP contribution in [0.3, 0.4) is 0 Å². The van der Waals surface area contributed by atoms with Crippen molar-refractivity contribution in [2.75, 3.05) is 26.2 Å². The number of carbonyl (C=O) groups is 1. The quantitative estimate of drug-likeness (QED) is 0.843. The first kappa shape index (κ1) is 17.0. The van der Waals surface area contributed by atoms with Gasteiger partial charge in [0.05, 0.1) is 0 Å². The number of benzene rings is 1. The molecule has 22 heavy (non-hydrogen) atoms. The lowest BCUT2D eigenvalue weighted by molar-refractivity contribution is 0.0943. The molecule has 3 heteroatoms. The Morgan fingerprint density at radius 3 is 2.41 bits per heavy atom. The van der Waals surface area contributed by atoms with Crippen LogP contribution in [0, 0.1) is 11.3 Å². The fourth-order valence-corrected chi connectivity index (χ4v) is 3.22. The fraction of sp³-hybridized carbons (Fsp3) is 0.632. The van der Waals surface area contributed by atoms with Crippen molar-refractivity contribution in [3.05, 3.63) is 35.9 Å². The van der Waals surface area contributed by atoms with E-state index in [4.69, 9.17) is 0 Å². The number of nitrogens with zero attached hydrogens (tertiary/aromatic N) is 1. The van der Waals surface area contributed by atoms with Crippen molar-refractivity contribution in [1.82, 2.24) is 10.2 Å². The summed E-state index contributed by atoms with van der Waals surface area (Å²) in [6.07, 6.45) is 3.64. The van der Waals surface area contributed by atoms with Gasteiger partial charge in [-0.05, 0) is 62.4 Å². The van der Waals surface area contributed by atoms with Crippen molar-refractivity contribution in [3.8, 4) is 0 Å². The zero-order valence-electron chi connectivity index (χ0n) is 14.3. The van der Waals surface area contributed by atoms with E-state index in [2.05, 4.69) is 31.0 Å². The van der Waals surface area contributed by atoms with Crippen molar-refractivity contribution in [3.63, 3.8) is 0 Å². The SMILES string of the molecule is CC(C)(C)C1CCN(CCCNC(=O)c2ccccc2)CC1. The molecule has 0 atom stereocenters. The molecule has 0 bridgehead atoms. The molecule has 1 aromatic carbocycles. The molecular formula is C19H30N2O. The van der Waals surface area contributed by atoms with E-state index in [0.29, 0.717) is 5.41 Å². The number of nitrogens with one attached hydrogen (secondary N) is 1. The summed E-state index contributed by atoms with van der Waals surface area (Å²) in [5.41, 5.74) is 1.18. The highest BCUT2D eigenvalue weighted by Crippen LogP contribution is 2.34. The number of hydrogen-bond acceptors (Lipinski definition) is 2. The highest BCUT2D eigenvalue weighted by atomic mass is 16.1. The molecule has 0 spiro atoms. The molecule has 1 aromatic rings. The number of amides is 1. The zero-order valence-corrected chi connectivity index (χ0v) is 14.3. The predicted molar refractivity (Wildman–Crippen MR) is 92.0 cm³/mol. The second-order valence-corrected chi connectivity index (χ2v) is 7.46. The van der Waals surface area contributed by atoms with Gasteiger partial charge in [-0.15, -0.1) is 0 Å². The predicted octanol–water partition coefficient (Wildman–Crippen LogP) is 3.56. The first-order chi connectivity index (χ1) is 10.5. The minimum absolute atomic E-state index is 0.0343. The number of piperidine rings is 1. The van der Waals surface area contributed by atoms with Gasteiger partial charge >= 0.3 is 0 Å². The topological polar surface area (TPSA) is 32.3 Å². The fourth-order valence-electron chi connectivity index (χ4n) is 3.22. The van der Waals surface area contributed by atoms with E-state index in [1.807, 2.05) is 30.3 Å². The summed E-state index contributed by atoms with van der Waals surface area (Å²) in [6, 6.07) is 9.43. The molecule has 0 unspecified atom stereocenters. The number of likely N-dealkylation sites (tertiary alicyclic amines) is 1. The van der Waals surface area contributed by atoms with Crippen molar-refractivity contribution in [2.24, 2.45) is 11.3 Å². The zero-order chi connectivity index (χ0) is 16.0. The maximum atomic E-state index is 11.9. The monoisotopic (exact) mass is 302 g/mol. The van der Waals surface area contributed by atoms with Gasteiger partial charge in [-0.25, -0.2) is 0 Å². The van der Waals surface area contributed by atoms with Gasteiger partial charge in [-0.1, -0.05) is 39.0 Å². The van der Waals surface area contributed by atoms with Crippen LogP contribution in [-0.4, -0.2) is 37.0 Å². The molecule has 122 valence electrons. The standard InChI is InChI=1S/C19H30N2O/c1-19(2,3)17-10-14-21(15-11-17)13-7-12-20-18(22)16-8-5-4-6-9-16/h4-6,8-9,17H,7,10-15H2,1-3H3,(H,20,22). The van der Waals surface area contributed by atoms with Gasteiger partial charge in [-0.2, -0.15) is 0 Å².